The van der Waals surface area contributed by atoms with E-state index in [2.05, 4.69) is 0 Å². The van der Waals surface area contributed by atoms with E-state index in [9.17, 15) is 9.59 Å². The summed E-state index contributed by atoms with van der Waals surface area (Å²) in [5.74, 6) is -1.07. The summed E-state index contributed by atoms with van der Waals surface area (Å²) in [6.07, 6.45) is 2.57. The Hall–Kier alpha value is -1.10. The summed E-state index contributed by atoms with van der Waals surface area (Å²) in [7, 11) is 2.57. The molecule has 5 heteroatoms. The zero-order valence-corrected chi connectivity index (χ0v) is 9.52. The number of fused-ring (bicyclic) bond motifs is 2. The van der Waals surface area contributed by atoms with Gasteiger partial charge >= 0.3 is 11.9 Å². The number of rotatable bonds is 2. The lowest BCUT2D eigenvalue weighted by Gasteiger charge is -2.28. The minimum absolute atomic E-state index is 0.0167. The normalized spacial score (nSPS) is 30.9. The first kappa shape index (κ1) is 11.4. The smallest absolute Gasteiger partial charge is 0.326 e. The highest BCUT2D eigenvalue weighted by Crippen LogP contribution is 2.47. The number of ether oxygens (including phenoxy) is 3. The van der Waals surface area contributed by atoms with E-state index in [1.807, 2.05) is 0 Å². The molecule has 0 aromatic rings. The topological polar surface area (TPSA) is 61.8 Å². The van der Waals surface area contributed by atoms with Crippen LogP contribution in [0.5, 0.6) is 0 Å². The molecule has 2 saturated heterocycles. The third-order valence-corrected chi connectivity index (χ3v) is 3.55. The number of methoxy groups -OCH3 is 2. The van der Waals surface area contributed by atoms with Crippen LogP contribution in [0.25, 0.3) is 0 Å². The zero-order valence-electron chi connectivity index (χ0n) is 9.52. The van der Waals surface area contributed by atoms with E-state index in [0.717, 1.165) is 12.8 Å². The van der Waals surface area contributed by atoms with E-state index < -0.39 is 17.4 Å². The Balaban J connectivity index is 2.35. The van der Waals surface area contributed by atoms with Crippen LogP contribution in [0.15, 0.2) is 0 Å². The first-order valence-electron chi connectivity index (χ1n) is 5.47. The number of carbonyl (C=O) groups excluding carboxylic acids is 2. The maximum atomic E-state index is 11.9. The van der Waals surface area contributed by atoms with Crippen LogP contribution in [0.2, 0.25) is 0 Å². The average Bonchev–Trinajstić information content (AvgIpc) is 2.59. The Bertz CT molecular complexity index is 295. The lowest BCUT2D eigenvalue weighted by atomic mass is 9.79. The Kier molecular flexibility index (Phi) is 2.88. The van der Waals surface area contributed by atoms with Crippen LogP contribution in [0.3, 0.4) is 0 Å². The summed E-state index contributed by atoms with van der Waals surface area (Å²) in [5.41, 5.74) is -1.23. The second kappa shape index (κ2) is 4.05. The lowest BCUT2D eigenvalue weighted by Crippen LogP contribution is -2.47. The number of carbonyl (C=O) groups is 2. The molecule has 2 unspecified atom stereocenters. The van der Waals surface area contributed by atoms with Crippen molar-refractivity contribution in [2.75, 3.05) is 14.2 Å². The Morgan fingerprint density at radius 2 is 1.81 bits per heavy atom. The van der Waals surface area contributed by atoms with Gasteiger partial charge in [-0.2, -0.15) is 0 Å². The van der Waals surface area contributed by atoms with Crippen LogP contribution in [0, 0.1) is 5.41 Å². The van der Waals surface area contributed by atoms with Crippen molar-refractivity contribution in [3.8, 4) is 0 Å². The maximum absolute atomic E-state index is 11.9. The molecular weight excluding hydrogens is 212 g/mol. The van der Waals surface area contributed by atoms with Gasteiger partial charge in [0.25, 0.3) is 0 Å². The molecule has 2 aliphatic rings. The second-order valence-corrected chi connectivity index (χ2v) is 4.34. The van der Waals surface area contributed by atoms with Crippen molar-refractivity contribution in [3.05, 3.63) is 0 Å². The van der Waals surface area contributed by atoms with Gasteiger partial charge < -0.3 is 14.2 Å². The van der Waals surface area contributed by atoms with E-state index >= 15 is 0 Å². The fourth-order valence-electron chi connectivity index (χ4n) is 2.78. The molecule has 2 fully saturated rings. The molecule has 0 aliphatic carbocycles. The monoisotopic (exact) mass is 228 g/mol. The zero-order chi connectivity index (χ0) is 11.8. The summed E-state index contributed by atoms with van der Waals surface area (Å²) in [5, 5.41) is 0. The highest BCUT2D eigenvalue weighted by atomic mass is 16.6. The van der Waals surface area contributed by atoms with Crippen molar-refractivity contribution in [2.45, 2.75) is 37.9 Å². The van der Waals surface area contributed by atoms with E-state index in [4.69, 9.17) is 14.2 Å². The maximum Gasteiger partial charge on any atom is 0.326 e. The largest absolute Gasteiger partial charge is 0.468 e. The SMILES string of the molecule is COC(=O)C1(C(=O)OC)CC2CCCC1O2. The van der Waals surface area contributed by atoms with Crippen LogP contribution < -0.4 is 0 Å². The minimum Gasteiger partial charge on any atom is -0.468 e. The van der Waals surface area contributed by atoms with Gasteiger partial charge in [0.1, 0.15) is 0 Å². The van der Waals surface area contributed by atoms with Crippen molar-refractivity contribution >= 4 is 11.9 Å². The van der Waals surface area contributed by atoms with E-state index in [0.29, 0.717) is 12.8 Å². The van der Waals surface area contributed by atoms with Gasteiger partial charge in [-0.3, -0.25) is 9.59 Å². The van der Waals surface area contributed by atoms with Crippen molar-refractivity contribution in [1.29, 1.82) is 0 Å². The molecule has 2 rings (SSSR count). The van der Waals surface area contributed by atoms with E-state index in [-0.39, 0.29) is 12.2 Å². The van der Waals surface area contributed by atoms with Gasteiger partial charge in [0.15, 0.2) is 5.41 Å². The number of hydrogen-bond acceptors (Lipinski definition) is 5. The molecule has 0 saturated carbocycles. The van der Waals surface area contributed by atoms with Gasteiger partial charge in [0, 0.05) is 6.42 Å². The highest BCUT2D eigenvalue weighted by Gasteiger charge is 2.62. The molecule has 90 valence electrons. The molecule has 0 spiro atoms. The van der Waals surface area contributed by atoms with Crippen LogP contribution >= 0.6 is 0 Å². The van der Waals surface area contributed by atoms with Gasteiger partial charge in [-0.25, -0.2) is 0 Å². The van der Waals surface area contributed by atoms with Crippen LogP contribution in [0.1, 0.15) is 25.7 Å². The standard InChI is InChI=1S/C11H16O5/c1-14-9(12)11(10(13)15-2)6-7-4-3-5-8(11)16-7/h7-8H,3-6H2,1-2H3. The molecule has 0 radical (unpaired) electrons. The van der Waals surface area contributed by atoms with Gasteiger partial charge in [0.2, 0.25) is 0 Å². The predicted molar refractivity (Wildman–Crippen MR) is 53.6 cm³/mol. The summed E-state index contributed by atoms with van der Waals surface area (Å²) < 4.78 is 15.2. The summed E-state index contributed by atoms with van der Waals surface area (Å²) >= 11 is 0. The fourth-order valence-corrected chi connectivity index (χ4v) is 2.78. The van der Waals surface area contributed by atoms with Gasteiger partial charge in [-0.05, 0) is 19.3 Å². The first-order chi connectivity index (χ1) is 7.65. The van der Waals surface area contributed by atoms with Crippen LogP contribution in [-0.2, 0) is 23.8 Å². The molecule has 2 atom stereocenters. The first-order valence-corrected chi connectivity index (χ1v) is 5.47. The summed E-state index contributed by atoms with van der Waals surface area (Å²) in [6.45, 7) is 0. The van der Waals surface area contributed by atoms with Gasteiger partial charge in [0.05, 0.1) is 26.4 Å². The molecule has 0 aromatic carbocycles. The van der Waals surface area contributed by atoms with Crippen molar-refractivity contribution in [2.24, 2.45) is 5.41 Å². The van der Waals surface area contributed by atoms with Gasteiger partial charge in [-0.1, -0.05) is 0 Å². The minimum atomic E-state index is -1.23. The Morgan fingerprint density at radius 3 is 2.31 bits per heavy atom. The van der Waals surface area contributed by atoms with Crippen molar-refractivity contribution < 1.29 is 23.8 Å². The van der Waals surface area contributed by atoms with Crippen molar-refractivity contribution in [1.82, 2.24) is 0 Å². The van der Waals surface area contributed by atoms with E-state index in [1.165, 1.54) is 14.2 Å². The van der Waals surface area contributed by atoms with Crippen molar-refractivity contribution in [3.63, 3.8) is 0 Å². The molecular formula is C11H16O5. The summed E-state index contributed by atoms with van der Waals surface area (Å²) in [4.78, 5) is 23.8. The summed E-state index contributed by atoms with van der Waals surface area (Å²) in [6, 6.07) is 0. The van der Waals surface area contributed by atoms with Crippen LogP contribution in [0.4, 0.5) is 0 Å². The molecule has 0 aromatic heterocycles. The molecule has 2 heterocycles. The molecule has 2 bridgehead atoms. The second-order valence-electron chi connectivity index (χ2n) is 4.34. The lowest BCUT2D eigenvalue weighted by molar-refractivity contribution is -0.174. The van der Waals surface area contributed by atoms with Gasteiger partial charge in [-0.15, -0.1) is 0 Å². The molecule has 0 N–H and O–H groups in total. The quantitative estimate of drug-likeness (QED) is 0.513. The predicted octanol–water partition coefficient (Wildman–Crippen LogP) is 0.660. The molecule has 0 amide bonds. The number of hydrogen-bond donors (Lipinski definition) is 0. The van der Waals surface area contributed by atoms with E-state index in [1.54, 1.807) is 0 Å². The molecule has 5 nitrogen and oxygen atoms in total. The van der Waals surface area contributed by atoms with Crippen LogP contribution in [-0.4, -0.2) is 38.4 Å². The average molecular weight is 228 g/mol. The molecule has 16 heavy (non-hydrogen) atoms. The third-order valence-electron chi connectivity index (χ3n) is 3.55. The highest BCUT2D eigenvalue weighted by molar-refractivity contribution is 6.01. The Labute approximate surface area is 94.0 Å². The third kappa shape index (κ3) is 1.42. The fraction of sp³-hybridized carbons (Fsp3) is 0.818. The molecule has 2 aliphatic heterocycles. The number of esters is 2. The Morgan fingerprint density at radius 1 is 1.19 bits per heavy atom.